The van der Waals surface area contributed by atoms with Gasteiger partial charge in [0.25, 0.3) is 0 Å². The lowest BCUT2D eigenvalue weighted by molar-refractivity contribution is -0.192. The SMILES string of the molecule is O=C(O)C(F)(F)F.c1ccc(C[C@H]2CN(c3nccc(Oc4ccc(-n5ccnc5)cc4)n3)CCN2)cc1. The number of rotatable bonds is 6. The molecule has 1 saturated heterocycles. The molecule has 0 saturated carbocycles. The maximum atomic E-state index is 10.6. The molecule has 9 nitrogen and oxygen atoms in total. The number of aromatic nitrogens is 4. The zero-order valence-electron chi connectivity index (χ0n) is 20.1. The van der Waals surface area contributed by atoms with E-state index in [4.69, 9.17) is 14.6 Å². The van der Waals surface area contributed by atoms with Gasteiger partial charge in [0.15, 0.2) is 0 Å². The second kappa shape index (κ2) is 12.2. The minimum absolute atomic E-state index is 0.361. The summed E-state index contributed by atoms with van der Waals surface area (Å²) in [5.74, 6) is -0.783. The molecule has 3 heterocycles. The zero-order valence-corrected chi connectivity index (χ0v) is 20.1. The maximum Gasteiger partial charge on any atom is 0.490 e. The highest BCUT2D eigenvalue weighted by atomic mass is 19.4. The number of imidazole rings is 1. The van der Waals surface area contributed by atoms with Crippen LogP contribution in [0, 0.1) is 0 Å². The third kappa shape index (κ3) is 7.53. The Bertz CT molecular complexity index is 1300. The number of piperazine rings is 1. The van der Waals surface area contributed by atoms with Gasteiger partial charge in [-0.3, -0.25) is 0 Å². The summed E-state index contributed by atoms with van der Waals surface area (Å²) in [4.78, 5) is 24.3. The van der Waals surface area contributed by atoms with Gasteiger partial charge in [-0.05, 0) is 36.2 Å². The number of hydrogen-bond acceptors (Lipinski definition) is 7. The zero-order chi connectivity index (χ0) is 27.0. The molecule has 0 spiro atoms. The fourth-order valence-corrected chi connectivity index (χ4v) is 3.80. The van der Waals surface area contributed by atoms with Crippen LogP contribution < -0.4 is 15.0 Å². The number of alkyl halides is 3. The number of anilines is 1. The molecule has 1 aliphatic rings. The predicted molar refractivity (Wildman–Crippen MR) is 134 cm³/mol. The highest BCUT2D eigenvalue weighted by Crippen LogP contribution is 2.23. The van der Waals surface area contributed by atoms with E-state index in [1.54, 1.807) is 24.8 Å². The number of halogens is 3. The summed E-state index contributed by atoms with van der Waals surface area (Å²) in [5.41, 5.74) is 2.36. The van der Waals surface area contributed by atoms with Crippen LogP contribution in [-0.4, -0.2) is 62.4 Å². The molecule has 4 aromatic rings. The second-order valence-electron chi connectivity index (χ2n) is 8.35. The third-order valence-corrected chi connectivity index (χ3v) is 5.58. The van der Waals surface area contributed by atoms with Crippen molar-refractivity contribution in [1.29, 1.82) is 0 Å². The molecule has 38 heavy (non-hydrogen) atoms. The number of ether oxygens (including phenoxy) is 1. The van der Waals surface area contributed by atoms with Gasteiger partial charge >= 0.3 is 12.1 Å². The first-order chi connectivity index (χ1) is 18.3. The molecule has 0 radical (unpaired) electrons. The van der Waals surface area contributed by atoms with E-state index in [0.717, 1.165) is 37.5 Å². The summed E-state index contributed by atoms with van der Waals surface area (Å²) in [6, 6.07) is 20.5. The van der Waals surface area contributed by atoms with Crippen molar-refractivity contribution in [2.24, 2.45) is 0 Å². The van der Waals surface area contributed by atoms with Gasteiger partial charge in [0.05, 0.1) is 6.33 Å². The average molecular weight is 527 g/mol. The van der Waals surface area contributed by atoms with Crippen LogP contribution in [0.2, 0.25) is 0 Å². The number of carbonyl (C=O) groups is 1. The molecule has 2 aromatic heterocycles. The van der Waals surface area contributed by atoms with Crippen LogP contribution in [0.15, 0.2) is 85.6 Å². The standard InChI is InChI=1S/C24H24N6O.C2HF3O2/c1-2-4-19(5-3-1)16-20-17-29(15-13-26-20)24-27-11-10-23(28-24)31-22-8-6-21(7-9-22)30-14-12-25-18-30;3-2(4,5)1(6)7/h1-12,14,18,20,26H,13,15-17H2;(H,6,7)/t20-;/m0./s1. The van der Waals surface area contributed by atoms with Crippen LogP contribution in [-0.2, 0) is 11.2 Å². The summed E-state index contributed by atoms with van der Waals surface area (Å²) >= 11 is 0. The smallest absolute Gasteiger partial charge is 0.475 e. The molecule has 0 bridgehead atoms. The van der Waals surface area contributed by atoms with Crippen molar-refractivity contribution in [3.8, 4) is 17.3 Å². The van der Waals surface area contributed by atoms with Crippen molar-refractivity contribution in [3.05, 3.63) is 91.1 Å². The normalized spacial score (nSPS) is 15.3. The van der Waals surface area contributed by atoms with E-state index < -0.39 is 12.1 Å². The summed E-state index contributed by atoms with van der Waals surface area (Å²) in [5, 5.41) is 10.7. The minimum atomic E-state index is -5.08. The van der Waals surface area contributed by atoms with Crippen LogP contribution in [0.25, 0.3) is 5.69 Å². The molecule has 5 rings (SSSR count). The van der Waals surface area contributed by atoms with E-state index in [2.05, 4.69) is 55.5 Å². The Hall–Kier alpha value is -4.45. The van der Waals surface area contributed by atoms with Crippen molar-refractivity contribution in [1.82, 2.24) is 24.8 Å². The van der Waals surface area contributed by atoms with Crippen molar-refractivity contribution in [2.75, 3.05) is 24.5 Å². The van der Waals surface area contributed by atoms with Gasteiger partial charge in [0.1, 0.15) is 5.75 Å². The van der Waals surface area contributed by atoms with Gasteiger partial charge in [-0.25, -0.2) is 14.8 Å². The molecule has 1 aliphatic heterocycles. The number of benzene rings is 2. The molecule has 2 aromatic carbocycles. The Morgan fingerprint density at radius 3 is 2.47 bits per heavy atom. The first-order valence-electron chi connectivity index (χ1n) is 11.7. The number of nitrogens with one attached hydrogen (secondary N) is 1. The molecule has 1 fully saturated rings. The Balaban J connectivity index is 0.000000426. The van der Waals surface area contributed by atoms with Gasteiger partial charge in [-0.2, -0.15) is 18.2 Å². The van der Waals surface area contributed by atoms with Crippen molar-refractivity contribution >= 4 is 11.9 Å². The van der Waals surface area contributed by atoms with Crippen LogP contribution in [0.4, 0.5) is 19.1 Å². The average Bonchev–Trinajstić information content (AvgIpc) is 3.45. The van der Waals surface area contributed by atoms with Gasteiger partial charge in [-0.1, -0.05) is 30.3 Å². The summed E-state index contributed by atoms with van der Waals surface area (Å²) in [6.45, 7) is 2.63. The monoisotopic (exact) mass is 526 g/mol. The highest BCUT2D eigenvalue weighted by molar-refractivity contribution is 5.73. The summed E-state index contributed by atoms with van der Waals surface area (Å²) in [7, 11) is 0. The molecular weight excluding hydrogens is 501 g/mol. The molecule has 0 amide bonds. The van der Waals surface area contributed by atoms with E-state index >= 15 is 0 Å². The predicted octanol–water partition coefficient (Wildman–Crippen LogP) is 4.11. The van der Waals surface area contributed by atoms with Crippen molar-refractivity contribution < 1.29 is 27.8 Å². The minimum Gasteiger partial charge on any atom is -0.475 e. The van der Waals surface area contributed by atoms with Gasteiger partial charge in [0.2, 0.25) is 11.8 Å². The fraction of sp³-hybridized carbons (Fsp3) is 0.231. The first-order valence-corrected chi connectivity index (χ1v) is 11.7. The fourth-order valence-electron chi connectivity index (χ4n) is 3.80. The summed E-state index contributed by atoms with van der Waals surface area (Å²) in [6.07, 6.45) is 3.09. The van der Waals surface area contributed by atoms with Crippen molar-refractivity contribution in [3.63, 3.8) is 0 Å². The third-order valence-electron chi connectivity index (χ3n) is 5.58. The van der Waals surface area contributed by atoms with Crippen LogP contribution in [0.5, 0.6) is 11.6 Å². The van der Waals surface area contributed by atoms with Gasteiger partial charge < -0.3 is 24.6 Å². The Morgan fingerprint density at radius 1 is 1.08 bits per heavy atom. The quantitative estimate of drug-likeness (QED) is 0.387. The summed E-state index contributed by atoms with van der Waals surface area (Å²) < 4.78 is 39.7. The number of hydrogen-bond donors (Lipinski definition) is 2. The molecule has 0 aliphatic carbocycles. The number of nitrogens with zero attached hydrogens (tertiary/aromatic N) is 5. The molecule has 12 heteroatoms. The lowest BCUT2D eigenvalue weighted by Crippen LogP contribution is -2.52. The van der Waals surface area contributed by atoms with E-state index in [1.807, 2.05) is 35.0 Å². The van der Waals surface area contributed by atoms with Crippen LogP contribution >= 0.6 is 0 Å². The molecule has 198 valence electrons. The maximum absolute atomic E-state index is 10.6. The van der Waals surface area contributed by atoms with Crippen LogP contribution in [0.1, 0.15) is 5.56 Å². The van der Waals surface area contributed by atoms with Crippen molar-refractivity contribution in [2.45, 2.75) is 18.6 Å². The molecule has 2 N–H and O–H groups in total. The van der Waals surface area contributed by atoms with E-state index in [1.165, 1.54) is 5.56 Å². The first kappa shape index (κ1) is 26.6. The Labute approximate surface area is 216 Å². The number of aliphatic carboxylic acids is 1. The topological polar surface area (TPSA) is 105 Å². The molecule has 0 unspecified atom stereocenters. The number of carboxylic acids is 1. The molecule has 1 atom stereocenters. The lowest BCUT2D eigenvalue weighted by Gasteiger charge is -2.33. The Kier molecular flexibility index (Phi) is 8.54. The molecular formula is C26H25F3N6O3. The Morgan fingerprint density at radius 2 is 1.82 bits per heavy atom. The highest BCUT2D eigenvalue weighted by Gasteiger charge is 2.38. The lowest BCUT2D eigenvalue weighted by atomic mass is 10.0. The number of carboxylic acid groups (broad SMARTS) is 1. The van der Waals surface area contributed by atoms with Crippen LogP contribution in [0.3, 0.4) is 0 Å². The van der Waals surface area contributed by atoms with Gasteiger partial charge in [0, 0.05) is 56.0 Å². The van der Waals surface area contributed by atoms with E-state index in [9.17, 15) is 13.2 Å². The largest absolute Gasteiger partial charge is 0.490 e. The van der Waals surface area contributed by atoms with Gasteiger partial charge in [-0.15, -0.1) is 0 Å². The van der Waals surface area contributed by atoms with E-state index in [0.29, 0.717) is 17.9 Å². The second-order valence-corrected chi connectivity index (χ2v) is 8.35. The van der Waals surface area contributed by atoms with E-state index in [-0.39, 0.29) is 0 Å².